The van der Waals surface area contributed by atoms with Gasteiger partial charge in [0, 0.05) is 23.1 Å². The highest BCUT2D eigenvalue weighted by molar-refractivity contribution is 8.00. The number of hydrogen-bond donors (Lipinski definition) is 6. The Kier molecular flexibility index (Phi) is 7.91. The predicted octanol–water partition coefficient (Wildman–Crippen LogP) is 1.17. The van der Waals surface area contributed by atoms with Crippen LogP contribution >= 0.6 is 11.8 Å². The highest BCUT2D eigenvalue weighted by Crippen LogP contribution is 2.33. The van der Waals surface area contributed by atoms with Gasteiger partial charge in [-0.15, -0.1) is 0 Å². The number of thioether (sulfide) groups is 1. The van der Waals surface area contributed by atoms with Gasteiger partial charge >= 0.3 is 12.0 Å². The van der Waals surface area contributed by atoms with Crippen molar-refractivity contribution in [3.63, 3.8) is 0 Å². The molecule has 6 N–H and O–H groups in total. The van der Waals surface area contributed by atoms with Crippen LogP contribution in [0.3, 0.4) is 0 Å². The summed E-state index contributed by atoms with van der Waals surface area (Å²) in [4.78, 5) is 35.3. The van der Waals surface area contributed by atoms with Crippen LogP contribution in [0, 0.1) is 5.92 Å². The van der Waals surface area contributed by atoms with Gasteiger partial charge in [0.15, 0.2) is 5.78 Å². The molecule has 0 aliphatic carbocycles. The zero-order chi connectivity index (χ0) is 23.3. The molecule has 0 saturated carbocycles. The average molecular weight is 469 g/mol. The average Bonchev–Trinajstić information content (AvgIpc) is 3.38. The number of hydroxylamine groups is 1. The first kappa shape index (κ1) is 23.8. The third kappa shape index (κ3) is 5.68. The van der Waals surface area contributed by atoms with E-state index in [0.29, 0.717) is 24.4 Å². The Balaban J connectivity index is 1.39. The van der Waals surface area contributed by atoms with Gasteiger partial charge in [0.1, 0.15) is 5.92 Å². The molecule has 0 bridgehead atoms. The lowest BCUT2D eigenvalue weighted by Gasteiger charge is -2.19. The number of urea groups is 1. The summed E-state index contributed by atoms with van der Waals surface area (Å²) in [7, 11) is 0. The van der Waals surface area contributed by atoms with Crippen molar-refractivity contribution in [3.8, 4) is 11.8 Å². The molecule has 2 amide bonds. The normalized spacial score (nSPS) is 23.0. The Morgan fingerprint density at radius 3 is 2.66 bits per heavy atom. The molecule has 0 aromatic carbocycles. The molecular formula is C20H28N4O7S. The van der Waals surface area contributed by atoms with Gasteiger partial charge in [-0.05, 0) is 31.8 Å². The number of aliphatic carboxylic acids is 1. The summed E-state index contributed by atoms with van der Waals surface area (Å²) in [6.07, 6.45) is 5.12. The zero-order valence-electron chi connectivity index (χ0n) is 17.4. The van der Waals surface area contributed by atoms with Crippen LogP contribution in [0.1, 0.15) is 32.1 Å². The van der Waals surface area contributed by atoms with Crippen molar-refractivity contribution in [1.82, 2.24) is 15.3 Å². The number of aromatic nitrogens is 1. The SMILES string of the molecule is O=C1N[C@H]2[C@H](CS[C@H]2CCCC(C(=O)O)C(=O)C=CCCCN(O)n2c(O)ccc2O)N1. The van der Waals surface area contributed by atoms with E-state index < -0.39 is 17.7 Å². The summed E-state index contributed by atoms with van der Waals surface area (Å²) in [5.74, 6) is -2.57. The molecule has 2 aliphatic heterocycles. The molecule has 2 fully saturated rings. The standard InChI is InChI=1S/C20H28N4O7S/c25-14(6-2-1-3-10-23(31)24-16(26)8-9-17(24)27)12(19(28)29)5-4-7-15-18-13(11-32-15)21-20(30)22-18/h2,6,8-9,12-13,15,18,26-27,31H,1,3-5,7,10-11H2,(H,28,29)(H2,21,22,30)/t12?,13-,15-,18-/m0/s1. The van der Waals surface area contributed by atoms with Crippen LogP contribution in [0.15, 0.2) is 24.3 Å². The van der Waals surface area contributed by atoms with Gasteiger partial charge in [-0.1, -0.05) is 12.5 Å². The molecule has 1 unspecified atom stereocenters. The third-order valence-electron chi connectivity index (χ3n) is 5.62. The smallest absolute Gasteiger partial charge is 0.315 e. The molecule has 3 heterocycles. The van der Waals surface area contributed by atoms with Crippen molar-refractivity contribution < 1.29 is 34.9 Å². The number of nitrogens with zero attached hydrogens (tertiary/aromatic N) is 2. The fraction of sp³-hybridized carbons (Fsp3) is 0.550. The number of carbonyl (C=O) groups is 3. The quantitative estimate of drug-likeness (QED) is 0.0868. The van der Waals surface area contributed by atoms with E-state index in [4.69, 9.17) is 0 Å². The lowest BCUT2D eigenvalue weighted by molar-refractivity contribution is -0.145. The maximum absolute atomic E-state index is 12.3. The maximum Gasteiger partial charge on any atom is 0.315 e. The van der Waals surface area contributed by atoms with Gasteiger partial charge in [0.05, 0.1) is 18.6 Å². The monoisotopic (exact) mass is 468 g/mol. The summed E-state index contributed by atoms with van der Waals surface area (Å²) in [5, 5.41) is 45.0. The highest BCUT2D eigenvalue weighted by atomic mass is 32.2. The number of aromatic hydroxyl groups is 2. The first-order valence-electron chi connectivity index (χ1n) is 10.5. The molecule has 2 aliphatic rings. The maximum atomic E-state index is 12.3. The third-order valence-corrected chi connectivity index (χ3v) is 7.13. The lowest BCUT2D eigenvalue weighted by atomic mass is 9.94. The van der Waals surface area contributed by atoms with Crippen molar-refractivity contribution in [1.29, 1.82) is 0 Å². The molecule has 11 nitrogen and oxygen atoms in total. The zero-order valence-corrected chi connectivity index (χ0v) is 18.2. The minimum absolute atomic E-state index is 0.0489. The first-order valence-corrected chi connectivity index (χ1v) is 11.5. The van der Waals surface area contributed by atoms with Gasteiger partial charge in [-0.3, -0.25) is 14.8 Å². The van der Waals surface area contributed by atoms with E-state index in [1.54, 1.807) is 17.8 Å². The Bertz CT molecular complexity index is 855. The summed E-state index contributed by atoms with van der Waals surface area (Å²) < 4.78 is 0.827. The topological polar surface area (TPSA) is 164 Å². The number of unbranched alkanes of at least 4 members (excludes halogenated alkanes) is 1. The number of fused-ring (bicyclic) bond motifs is 1. The summed E-state index contributed by atoms with van der Waals surface area (Å²) in [6, 6.07) is 2.45. The van der Waals surface area contributed by atoms with Crippen LogP contribution in [0.25, 0.3) is 0 Å². The van der Waals surface area contributed by atoms with E-state index >= 15 is 0 Å². The van der Waals surface area contributed by atoms with Crippen molar-refractivity contribution in [2.24, 2.45) is 5.92 Å². The number of ketones is 1. The van der Waals surface area contributed by atoms with Crippen molar-refractivity contribution >= 4 is 29.5 Å². The number of hydrogen-bond acceptors (Lipinski definition) is 8. The Morgan fingerprint density at radius 2 is 1.97 bits per heavy atom. The molecule has 32 heavy (non-hydrogen) atoms. The van der Waals surface area contributed by atoms with Gasteiger partial charge in [0.2, 0.25) is 11.8 Å². The number of carboxylic acids is 1. The van der Waals surface area contributed by atoms with E-state index in [9.17, 15) is 34.9 Å². The molecule has 2 saturated heterocycles. The van der Waals surface area contributed by atoms with Gasteiger partial charge in [-0.25, -0.2) is 4.79 Å². The molecule has 4 atom stereocenters. The van der Waals surface area contributed by atoms with Gasteiger partial charge in [-0.2, -0.15) is 21.6 Å². The predicted molar refractivity (Wildman–Crippen MR) is 116 cm³/mol. The molecule has 0 spiro atoms. The van der Waals surface area contributed by atoms with Crippen molar-refractivity contribution in [3.05, 3.63) is 24.3 Å². The fourth-order valence-corrected chi connectivity index (χ4v) is 5.51. The van der Waals surface area contributed by atoms with Crippen LogP contribution in [-0.2, 0) is 9.59 Å². The van der Waals surface area contributed by atoms with Crippen LogP contribution < -0.4 is 15.8 Å². The lowest BCUT2D eigenvalue weighted by Crippen LogP contribution is -2.36. The van der Waals surface area contributed by atoms with Crippen LogP contribution in [0.4, 0.5) is 4.79 Å². The summed E-state index contributed by atoms with van der Waals surface area (Å²) in [6.45, 7) is 0.0727. The number of amides is 2. The second kappa shape index (κ2) is 10.6. The minimum Gasteiger partial charge on any atom is -0.493 e. The summed E-state index contributed by atoms with van der Waals surface area (Å²) >= 11 is 1.75. The molecule has 0 radical (unpaired) electrons. The van der Waals surface area contributed by atoms with Crippen LogP contribution in [-0.4, -0.2) is 72.6 Å². The number of carboxylic acid groups (broad SMARTS) is 1. The van der Waals surface area contributed by atoms with E-state index in [1.807, 2.05) is 0 Å². The minimum atomic E-state index is -1.16. The number of carbonyl (C=O) groups excluding carboxylic acids is 2. The number of allylic oxidation sites excluding steroid dienone is 2. The molecule has 3 rings (SSSR count). The van der Waals surface area contributed by atoms with Gasteiger partial charge in [0.25, 0.3) is 0 Å². The fourth-order valence-electron chi connectivity index (χ4n) is 3.96. The number of nitrogens with one attached hydrogen (secondary N) is 2. The van der Waals surface area contributed by atoms with Crippen molar-refractivity contribution in [2.45, 2.75) is 49.4 Å². The van der Waals surface area contributed by atoms with E-state index in [0.717, 1.165) is 16.8 Å². The molecule has 1 aromatic heterocycles. The van der Waals surface area contributed by atoms with Crippen LogP contribution in [0.2, 0.25) is 0 Å². The molecule has 12 heteroatoms. The largest absolute Gasteiger partial charge is 0.493 e. The highest BCUT2D eigenvalue weighted by Gasteiger charge is 2.42. The Labute approximate surface area is 189 Å². The molecule has 176 valence electrons. The van der Waals surface area contributed by atoms with E-state index in [1.165, 1.54) is 18.2 Å². The number of rotatable bonds is 12. The van der Waals surface area contributed by atoms with Gasteiger partial charge < -0.3 is 26.0 Å². The van der Waals surface area contributed by atoms with Crippen molar-refractivity contribution in [2.75, 3.05) is 17.5 Å². The second-order valence-electron chi connectivity index (χ2n) is 7.85. The molecule has 1 aromatic rings. The van der Waals surface area contributed by atoms with Crippen LogP contribution in [0.5, 0.6) is 11.8 Å². The molecular weight excluding hydrogens is 440 g/mol. The van der Waals surface area contributed by atoms with E-state index in [-0.39, 0.29) is 48.1 Å². The van der Waals surface area contributed by atoms with E-state index in [2.05, 4.69) is 10.6 Å². The first-order chi connectivity index (χ1) is 15.3. The second-order valence-corrected chi connectivity index (χ2v) is 9.12. The Morgan fingerprint density at radius 1 is 1.25 bits per heavy atom. The Hall–Kier alpha value is -2.86. The summed E-state index contributed by atoms with van der Waals surface area (Å²) in [5.41, 5.74) is 0.